The molecule has 3 aromatic carbocycles. The molecule has 1 atom stereocenters. The molecular formula is C22H19NO4. The number of hydrogen-bond donors (Lipinski definition) is 0. The summed E-state index contributed by atoms with van der Waals surface area (Å²) in [6, 6.07) is 20.6. The molecule has 0 saturated carbocycles. The van der Waals surface area contributed by atoms with Crippen LogP contribution in [0.15, 0.2) is 72.8 Å². The standard InChI is InChI=1S/C22H19NO4/c1-15-3-7-17(8-4-15)21(24)22(18-9-5-16(2)6-10-18)27-20-13-11-19(12-14-20)23(25)26/h3-14,22H,1-2H3. The van der Waals surface area contributed by atoms with E-state index in [2.05, 4.69) is 0 Å². The van der Waals surface area contributed by atoms with E-state index < -0.39 is 11.0 Å². The number of aryl methyl sites for hydroxylation is 2. The molecule has 0 aliphatic carbocycles. The quantitative estimate of drug-likeness (QED) is 0.343. The minimum Gasteiger partial charge on any atom is -0.478 e. The molecule has 0 heterocycles. The van der Waals surface area contributed by atoms with Crippen molar-refractivity contribution < 1.29 is 14.5 Å². The highest BCUT2D eigenvalue weighted by Gasteiger charge is 2.24. The lowest BCUT2D eigenvalue weighted by molar-refractivity contribution is -0.384. The van der Waals surface area contributed by atoms with E-state index in [9.17, 15) is 14.9 Å². The normalized spacial score (nSPS) is 11.6. The maximum Gasteiger partial charge on any atom is 0.269 e. The highest BCUT2D eigenvalue weighted by Crippen LogP contribution is 2.27. The van der Waals surface area contributed by atoms with Crippen LogP contribution in [0.5, 0.6) is 5.75 Å². The fourth-order valence-electron chi connectivity index (χ4n) is 2.67. The van der Waals surface area contributed by atoms with E-state index in [1.165, 1.54) is 24.3 Å². The number of rotatable bonds is 6. The molecule has 5 nitrogen and oxygen atoms in total. The predicted molar refractivity (Wildman–Crippen MR) is 103 cm³/mol. The summed E-state index contributed by atoms with van der Waals surface area (Å²) in [5.74, 6) is 0.226. The smallest absolute Gasteiger partial charge is 0.269 e. The number of benzene rings is 3. The molecule has 0 bridgehead atoms. The summed E-state index contributed by atoms with van der Waals surface area (Å²) in [5.41, 5.74) is 3.39. The number of ketones is 1. The van der Waals surface area contributed by atoms with Crippen molar-refractivity contribution in [1.82, 2.24) is 0 Å². The first-order chi connectivity index (χ1) is 12.9. The number of nitro benzene ring substituents is 1. The van der Waals surface area contributed by atoms with Crippen LogP contribution in [0.25, 0.3) is 0 Å². The Balaban J connectivity index is 1.94. The Morgan fingerprint density at radius 1 is 0.852 bits per heavy atom. The summed E-state index contributed by atoms with van der Waals surface area (Å²) < 4.78 is 5.95. The van der Waals surface area contributed by atoms with Crippen LogP contribution in [-0.4, -0.2) is 10.7 Å². The van der Waals surface area contributed by atoms with Crippen molar-refractivity contribution in [3.05, 3.63) is 105 Å². The number of Topliss-reactive ketones (excluding diaryl/α,β-unsaturated/α-hetero) is 1. The van der Waals surface area contributed by atoms with Gasteiger partial charge in [0.05, 0.1) is 4.92 Å². The van der Waals surface area contributed by atoms with Crippen molar-refractivity contribution in [1.29, 1.82) is 0 Å². The zero-order chi connectivity index (χ0) is 19.4. The average molecular weight is 361 g/mol. The maximum atomic E-state index is 13.1. The molecule has 0 aliphatic rings. The van der Waals surface area contributed by atoms with E-state index in [1.807, 2.05) is 50.2 Å². The van der Waals surface area contributed by atoms with Gasteiger partial charge in [-0.1, -0.05) is 59.7 Å². The Hall–Kier alpha value is -3.47. The predicted octanol–water partition coefficient (Wildman–Crippen LogP) is 5.21. The van der Waals surface area contributed by atoms with Gasteiger partial charge >= 0.3 is 0 Å². The van der Waals surface area contributed by atoms with E-state index in [0.29, 0.717) is 11.3 Å². The van der Waals surface area contributed by atoms with E-state index in [4.69, 9.17) is 4.74 Å². The highest BCUT2D eigenvalue weighted by atomic mass is 16.6. The van der Waals surface area contributed by atoms with Crippen molar-refractivity contribution in [2.24, 2.45) is 0 Å². The van der Waals surface area contributed by atoms with E-state index in [1.54, 1.807) is 12.1 Å². The highest BCUT2D eigenvalue weighted by molar-refractivity contribution is 6.00. The molecule has 0 spiro atoms. The van der Waals surface area contributed by atoms with Crippen molar-refractivity contribution in [3.8, 4) is 5.75 Å². The first-order valence-electron chi connectivity index (χ1n) is 8.52. The number of ether oxygens (including phenoxy) is 1. The Morgan fingerprint density at radius 2 is 1.37 bits per heavy atom. The third-order valence-electron chi connectivity index (χ3n) is 4.26. The molecule has 3 rings (SSSR count). The van der Waals surface area contributed by atoms with Gasteiger partial charge in [-0.2, -0.15) is 0 Å². The molecule has 0 aromatic heterocycles. The molecule has 136 valence electrons. The van der Waals surface area contributed by atoms with Crippen molar-refractivity contribution in [3.63, 3.8) is 0 Å². The number of carbonyl (C=O) groups is 1. The second-order valence-corrected chi connectivity index (χ2v) is 6.39. The zero-order valence-corrected chi connectivity index (χ0v) is 15.1. The van der Waals surface area contributed by atoms with E-state index in [0.717, 1.165) is 16.7 Å². The number of nitro groups is 1. The Morgan fingerprint density at radius 3 is 1.89 bits per heavy atom. The summed E-state index contributed by atoms with van der Waals surface area (Å²) in [6.45, 7) is 3.93. The van der Waals surface area contributed by atoms with Crippen LogP contribution in [0.4, 0.5) is 5.69 Å². The van der Waals surface area contributed by atoms with Gasteiger partial charge in [0.15, 0.2) is 6.10 Å². The van der Waals surface area contributed by atoms with Crippen LogP contribution in [0.3, 0.4) is 0 Å². The van der Waals surface area contributed by atoms with Gasteiger partial charge in [-0.05, 0) is 26.0 Å². The van der Waals surface area contributed by atoms with Gasteiger partial charge in [-0.3, -0.25) is 14.9 Å². The fraction of sp³-hybridized carbons (Fsp3) is 0.136. The summed E-state index contributed by atoms with van der Waals surface area (Å²) in [6.07, 6.45) is -0.838. The van der Waals surface area contributed by atoms with Gasteiger partial charge in [0.25, 0.3) is 5.69 Å². The largest absolute Gasteiger partial charge is 0.478 e. The molecule has 27 heavy (non-hydrogen) atoms. The van der Waals surface area contributed by atoms with Crippen LogP contribution in [0.2, 0.25) is 0 Å². The zero-order valence-electron chi connectivity index (χ0n) is 15.1. The third kappa shape index (κ3) is 4.39. The Labute approximate surface area is 157 Å². The first kappa shape index (κ1) is 18.3. The van der Waals surface area contributed by atoms with Crippen LogP contribution in [0, 0.1) is 24.0 Å². The van der Waals surface area contributed by atoms with E-state index in [-0.39, 0.29) is 11.5 Å². The Kier molecular flexibility index (Phi) is 5.31. The lowest BCUT2D eigenvalue weighted by atomic mass is 9.98. The molecule has 0 amide bonds. The summed E-state index contributed by atoms with van der Waals surface area (Å²) in [5, 5.41) is 10.8. The molecular weight excluding hydrogens is 342 g/mol. The first-order valence-corrected chi connectivity index (χ1v) is 8.52. The van der Waals surface area contributed by atoms with Crippen LogP contribution < -0.4 is 4.74 Å². The van der Waals surface area contributed by atoms with Gasteiger partial charge < -0.3 is 4.74 Å². The molecule has 0 radical (unpaired) electrons. The molecule has 0 N–H and O–H groups in total. The lowest BCUT2D eigenvalue weighted by Gasteiger charge is -2.19. The molecule has 0 saturated heterocycles. The maximum absolute atomic E-state index is 13.1. The minimum atomic E-state index is -0.838. The van der Waals surface area contributed by atoms with Gasteiger partial charge in [-0.15, -0.1) is 0 Å². The van der Waals surface area contributed by atoms with Crippen LogP contribution in [0.1, 0.15) is 33.2 Å². The minimum absolute atomic E-state index is 0.0286. The lowest BCUT2D eigenvalue weighted by Crippen LogP contribution is -2.19. The van der Waals surface area contributed by atoms with Crippen molar-refractivity contribution in [2.45, 2.75) is 20.0 Å². The number of carbonyl (C=O) groups excluding carboxylic acids is 1. The number of nitrogens with zero attached hydrogens (tertiary/aromatic N) is 1. The van der Waals surface area contributed by atoms with Gasteiger partial charge in [0, 0.05) is 23.3 Å². The molecule has 5 heteroatoms. The summed E-state index contributed by atoms with van der Waals surface area (Å²) in [7, 11) is 0. The molecule has 0 aliphatic heterocycles. The van der Waals surface area contributed by atoms with Gasteiger partial charge in [-0.25, -0.2) is 0 Å². The monoisotopic (exact) mass is 361 g/mol. The van der Waals surface area contributed by atoms with Gasteiger partial charge in [0.1, 0.15) is 5.75 Å². The van der Waals surface area contributed by atoms with Gasteiger partial charge in [0.2, 0.25) is 5.78 Å². The van der Waals surface area contributed by atoms with Crippen LogP contribution in [-0.2, 0) is 0 Å². The third-order valence-corrected chi connectivity index (χ3v) is 4.26. The fourth-order valence-corrected chi connectivity index (χ4v) is 2.67. The second-order valence-electron chi connectivity index (χ2n) is 6.39. The Bertz CT molecular complexity index is 945. The summed E-state index contributed by atoms with van der Waals surface area (Å²) >= 11 is 0. The second kappa shape index (κ2) is 7.83. The van der Waals surface area contributed by atoms with Crippen LogP contribution >= 0.6 is 0 Å². The molecule has 3 aromatic rings. The average Bonchev–Trinajstić information content (AvgIpc) is 2.67. The number of hydrogen-bond acceptors (Lipinski definition) is 4. The molecule has 0 fully saturated rings. The number of non-ortho nitro benzene ring substituents is 1. The van der Waals surface area contributed by atoms with Crippen molar-refractivity contribution >= 4 is 11.5 Å². The molecule has 1 unspecified atom stereocenters. The topological polar surface area (TPSA) is 69.4 Å². The SMILES string of the molecule is Cc1ccc(C(=O)C(Oc2ccc([N+](=O)[O-])cc2)c2ccc(C)cc2)cc1. The summed E-state index contributed by atoms with van der Waals surface area (Å²) in [4.78, 5) is 23.4. The van der Waals surface area contributed by atoms with Crippen molar-refractivity contribution in [2.75, 3.05) is 0 Å². The van der Waals surface area contributed by atoms with E-state index >= 15 is 0 Å².